The van der Waals surface area contributed by atoms with E-state index in [1.165, 1.54) is 0 Å². The van der Waals surface area contributed by atoms with Gasteiger partial charge >= 0.3 is 6.09 Å². The first-order valence-corrected chi connectivity index (χ1v) is 8.17. The van der Waals surface area contributed by atoms with E-state index in [2.05, 4.69) is 5.32 Å². The minimum Gasteiger partial charge on any atom is -0.444 e. The molecule has 0 radical (unpaired) electrons. The van der Waals surface area contributed by atoms with Crippen LogP contribution in [0.2, 0.25) is 5.02 Å². The van der Waals surface area contributed by atoms with E-state index in [1.54, 1.807) is 29.2 Å². The monoisotopic (exact) mass is 338 g/mol. The number of piperidine rings is 1. The van der Waals surface area contributed by atoms with Gasteiger partial charge in [0, 0.05) is 29.7 Å². The average molecular weight is 339 g/mol. The van der Waals surface area contributed by atoms with Gasteiger partial charge in [0.2, 0.25) is 0 Å². The molecule has 126 valence electrons. The Hall–Kier alpha value is -1.75. The number of hydrogen-bond donors (Lipinski definition) is 1. The van der Waals surface area contributed by atoms with Crippen molar-refractivity contribution in [1.82, 2.24) is 10.2 Å². The Kier molecular flexibility index (Phi) is 5.52. The standard InChI is InChI=1S/C17H23ClN2O3/c1-17(2,3)23-16(22)19-14-5-4-10-20(11-14)15(21)12-6-8-13(18)9-7-12/h6-9,14H,4-5,10-11H2,1-3H3,(H,19,22)/t14-/m1/s1. The van der Waals surface area contributed by atoms with Crippen LogP contribution in [0.3, 0.4) is 0 Å². The molecule has 1 aromatic rings. The maximum Gasteiger partial charge on any atom is 0.407 e. The van der Waals surface area contributed by atoms with Gasteiger partial charge in [-0.2, -0.15) is 0 Å². The van der Waals surface area contributed by atoms with Gasteiger partial charge in [-0.1, -0.05) is 11.6 Å². The number of amides is 2. The topological polar surface area (TPSA) is 58.6 Å². The summed E-state index contributed by atoms with van der Waals surface area (Å²) in [5.41, 5.74) is 0.0738. The Bertz CT molecular complexity index is 566. The number of ether oxygens (including phenoxy) is 1. The van der Waals surface area contributed by atoms with Crippen molar-refractivity contribution in [1.29, 1.82) is 0 Å². The number of nitrogens with one attached hydrogen (secondary N) is 1. The number of halogens is 1. The van der Waals surface area contributed by atoms with Crippen molar-refractivity contribution in [3.63, 3.8) is 0 Å². The van der Waals surface area contributed by atoms with Crippen LogP contribution in [0.1, 0.15) is 44.0 Å². The first-order valence-electron chi connectivity index (χ1n) is 7.79. The third-order valence-electron chi connectivity index (χ3n) is 3.52. The number of carbonyl (C=O) groups is 2. The zero-order valence-electron chi connectivity index (χ0n) is 13.8. The molecule has 0 unspecified atom stereocenters. The highest BCUT2D eigenvalue weighted by Crippen LogP contribution is 2.16. The highest BCUT2D eigenvalue weighted by atomic mass is 35.5. The molecule has 1 fully saturated rings. The molecule has 1 N–H and O–H groups in total. The number of benzene rings is 1. The molecule has 1 aromatic carbocycles. The van der Waals surface area contributed by atoms with E-state index >= 15 is 0 Å². The lowest BCUT2D eigenvalue weighted by atomic mass is 10.0. The first-order chi connectivity index (χ1) is 10.7. The summed E-state index contributed by atoms with van der Waals surface area (Å²) in [6.45, 7) is 6.64. The molecule has 0 spiro atoms. The Morgan fingerprint density at radius 2 is 1.91 bits per heavy atom. The van der Waals surface area contributed by atoms with Crippen LogP contribution in [-0.4, -0.2) is 41.6 Å². The Labute approximate surface area is 141 Å². The van der Waals surface area contributed by atoms with Crippen LogP contribution in [0, 0.1) is 0 Å². The number of rotatable bonds is 2. The lowest BCUT2D eigenvalue weighted by Crippen LogP contribution is -2.50. The molecule has 1 saturated heterocycles. The quantitative estimate of drug-likeness (QED) is 0.898. The molecule has 2 amide bonds. The zero-order valence-corrected chi connectivity index (χ0v) is 14.5. The van der Waals surface area contributed by atoms with Gasteiger partial charge in [-0.3, -0.25) is 4.79 Å². The lowest BCUT2D eigenvalue weighted by Gasteiger charge is -2.33. The van der Waals surface area contributed by atoms with Crippen LogP contribution in [0.15, 0.2) is 24.3 Å². The number of carbonyl (C=O) groups excluding carboxylic acids is 2. The molecule has 5 nitrogen and oxygen atoms in total. The van der Waals surface area contributed by atoms with Crippen molar-refractivity contribution in [2.75, 3.05) is 13.1 Å². The third-order valence-corrected chi connectivity index (χ3v) is 3.77. The SMILES string of the molecule is CC(C)(C)OC(=O)N[C@@H]1CCCN(C(=O)c2ccc(Cl)cc2)C1. The largest absolute Gasteiger partial charge is 0.444 e. The number of likely N-dealkylation sites (tertiary alicyclic amines) is 1. The van der Waals surface area contributed by atoms with Crippen LogP contribution < -0.4 is 5.32 Å². The molecule has 1 aliphatic heterocycles. The summed E-state index contributed by atoms with van der Waals surface area (Å²) in [4.78, 5) is 26.1. The predicted octanol–water partition coefficient (Wildman–Crippen LogP) is 3.47. The highest BCUT2D eigenvalue weighted by molar-refractivity contribution is 6.30. The number of nitrogens with zero attached hydrogens (tertiary/aromatic N) is 1. The van der Waals surface area contributed by atoms with Crippen LogP contribution >= 0.6 is 11.6 Å². The van der Waals surface area contributed by atoms with Gasteiger partial charge in [-0.25, -0.2) is 4.79 Å². The van der Waals surface area contributed by atoms with Crippen molar-refractivity contribution in [3.8, 4) is 0 Å². The zero-order chi connectivity index (χ0) is 17.0. The fourth-order valence-electron chi connectivity index (χ4n) is 2.53. The van der Waals surface area contributed by atoms with Crippen LogP contribution in [-0.2, 0) is 4.74 Å². The summed E-state index contributed by atoms with van der Waals surface area (Å²) >= 11 is 5.85. The predicted molar refractivity (Wildman–Crippen MR) is 89.7 cm³/mol. The summed E-state index contributed by atoms with van der Waals surface area (Å²) in [6, 6.07) is 6.75. The minimum absolute atomic E-state index is 0.0441. The van der Waals surface area contributed by atoms with Crippen molar-refractivity contribution in [2.45, 2.75) is 45.3 Å². The van der Waals surface area contributed by atoms with E-state index in [0.717, 1.165) is 12.8 Å². The summed E-state index contributed by atoms with van der Waals surface area (Å²) in [5, 5.41) is 3.45. The first kappa shape index (κ1) is 17.6. The molecule has 0 bridgehead atoms. The summed E-state index contributed by atoms with van der Waals surface area (Å²) in [7, 11) is 0. The fraction of sp³-hybridized carbons (Fsp3) is 0.529. The maximum absolute atomic E-state index is 12.5. The van der Waals surface area contributed by atoms with E-state index < -0.39 is 11.7 Å². The molecule has 1 heterocycles. The highest BCUT2D eigenvalue weighted by Gasteiger charge is 2.27. The second-order valence-corrected chi connectivity index (χ2v) is 7.18. The van der Waals surface area contributed by atoms with Crippen molar-refractivity contribution < 1.29 is 14.3 Å². The Morgan fingerprint density at radius 3 is 2.52 bits per heavy atom. The second-order valence-electron chi connectivity index (χ2n) is 6.74. The summed E-state index contributed by atoms with van der Waals surface area (Å²) < 4.78 is 5.27. The summed E-state index contributed by atoms with van der Waals surface area (Å²) in [5.74, 6) is -0.0441. The molecule has 23 heavy (non-hydrogen) atoms. The number of alkyl carbamates (subject to hydrolysis) is 1. The van der Waals surface area contributed by atoms with Crippen LogP contribution in [0.5, 0.6) is 0 Å². The molecule has 6 heteroatoms. The fourth-order valence-corrected chi connectivity index (χ4v) is 2.65. The van der Waals surface area contributed by atoms with Gasteiger partial charge in [0.1, 0.15) is 5.60 Å². The van der Waals surface area contributed by atoms with Gasteiger partial charge < -0.3 is 15.0 Å². The molecule has 1 atom stereocenters. The van der Waals surface area contributed by atoms with Crippen molar-refractivity contribution in [3.05, 3.63) is 34.9 Å². The maximum atomic E-state index is 12.5. The van der Waals surface area contributed by atoms with Crippen molar-refractivity contribution in [2.24, 2.45) is 0 Å². The normalized spacial score (nSPS) is 18.4. The molecule has 0 aliphatic carbocycles. The Balaban J connectivity index is 1.94. The molecule has 0 aromatic heterocycles. The van der Waals surface area contributed by atoms with E-state index in [4.69, 9.17) is 16.3 Å². The van der Waals surface area contributed by atoms with Crippen molar-refractivity contribution >= 4 is 23.6 Å². The third kappa shape index (κ3) is 5.43. The van der Waals surface area contributed by atoms with Gasteiger partial charge in [-0.05, 0) is 57.9 Å². The van der Waals surface area contributed by atoms with E-state index in [-0.39, 0.29) is 11.9 Å². The molecular formula is C17H23ClN2O3. The number of hydrogen-bond acceptors (Lipinski definition) is 3. The van der Waals surface area contributed by atoms with E-state index in [1.807, 2.05) is 20.8 Å². The Morgan fingerprint density at radius 1 is 1.26 bits per heavy atom. The molecule has 0 saturated carbocycles. The van der Waals surface area contributed by atoms with Gasteiger partial charge in [0.05, 0.1) is 0 Å². The molecular weight excluding hydrogens is 316 g/mol. The minimum atomic E-state index is -0.530. The molecule has 2 rings (SSSR count). The van der Waals surface area contributed by atoms with E-state index in [9.17, 15) is 9.59 Å². The van der Waals surface area contributed by atoms with Crippen LogP contribution in [0.25, 0.3) is 0 Å². The summed E-state index contributed by atoms with van der Waals surface area (Å²) in [6.07, 6.45) is 1.24. The average Bonchev–Trinajstić information content (AvgIpc) is 2.45. The van der Waals surface area contributed by atoms with E-state index in [0.29, 0.717) is 23.7 Å². The van der Waals surface area contributed by atoms with Crippen LogP contribution in [0.4, 0.5) is 4.79 Å². The van der Waals surface area contributed by atoms with Gasteiger partial charge in [0.15, 0.2) is 0 Å². The van der Waals surface area contributed by atoms with Gasteiger partial charge in [0.25, 0.3) is 5.91 Å². The molecule has 1 aliphatic rings. The van der Waals surface area contributed by atoms with Gasteiger partial charge in [-0.15, -0.1) is 0 Å². The smallest absolute Gasteiger partial charge is 0.407 e. The second kappa shape index (κ2) is 7.21. The lowest BCUT2D eigenvalue weighted by molar-refractivity contribution is 0.0452.